The summed E-state index contributed by atoms with van der Waals surface area (Å²) in [5, 5.41) is 10.4. The smallest absolute Gasteiger partial charge is 0.336 e. The van der Waals surface area contributed by atoms with Gasteiger partial charge in [-0.05, 0) is 50.2 Å². The van der Waals surface area contributed by atoms with E-state index in [1.165, 1.54) is 12.1 Å². The molecule has 8 heteroatoms. The Kier molecular flexibility index (Phi) is 5.85. The van der Waals surface area contributed by atoms with Crippen LogP contribution in [0.5, 0.6) is 11.5 Å². The van der Waals surface area contributed by atoms with E-state index >= 15 is 0 Å². The van der Waals surface area contributed by atoms with E-state index in [1.54, 1.807) is 42.2 Å². The summed E-state index contributed by atoms with van der Waals surface area (Å²) in [5.41, 5.74) is 1.24. The third-order valence-corrected chi connectivity index (χ3v) is 5.51. The van der Waals surface area contributed by atoms with Gasteiger partial charge in [-0.15, -0.1) is 0 Å². The number of aromatic hydroxyl groups is 1. The van der Waals surface area contributed by atoms with Crippen molar-refractivity contribution in [2.75, 3.05) is 18.1 Å². The number of benzene rings is 2. The molecule has 0 aliphatic carbocycles. The van der Waals surface area contributed by atoms with Gasteiger partial charge < -0.3 is 23.9 Å². The second-order valence-electron chi connectivity index (χ2n) is 7.62. The van der Waals surface area contributed by atoms with Crippen LogP contribution >= 0.6 is 0 Å². The van der Waals surface area contributed by atoms with Gasteiger partial charge in [0, 0.05) is 41.2 Å². The number of carbonyl (C=O) groups excluding carboxylic acids is 2. The summed E-state index contributed by atoms with van der Waals surface area (Å²) >= 11 is 0. The summed E-state index contributed by atoms with van der Waals surface area (Å²) in [6.07, 6.45) is 0.0523. The van der Waals surface area contributed by atoms with Gasteiger partial charge in [-0.2, -0.15) is 0 Å². The molecule has 0 spiro atoms. The molecule has 32 heavy (non-hydrogen) atoms. The predicted molar refractivity (Wildman–Crippen MR) is 117 cm³/mol. The highest BCUT2D eigenvalue weighted by Gasteiger charge is 2.36. The number of carbonyl (C=O) groups is 2. The minimum absolute atomic E-state index is 0.00800. The summed E-state index contributed by atoms with van der Waals surface area (Å²) in [5.74, 6) is -0.557. The number of hydrogen-bond donors (Lipinski definition) is 1. The van der Waals surface area contributed by atoms with E-state index in [2.05, 4.69) is 0 Å². The van der Waals surface area contributed by atoms with Gasteiger partial charge in [-0.1, -0.05) is 0 Å². The molecule has 1 amide bonds. The van der Waals surface area contributed by atoms with E-state index in [1.807, 2.05) is 6.92 Å². The number of nitrogens with zero attached hydrogens (tertiary/aromatic N) is 1. The first-order valence-electron chi connectivity index (χ1n) is 10.3. The molecule has 1 N–H and O–H groups in total. The first-order valence-corrected chi connectivity index (χ1v) is 10.3. The minimum Gasteiger partial charge on any atom is -0.508 e. The van der Waals surface area contributed by atoms with Crippen molar-refractivity contribution in [3.8, 4) is 11.5 Å². The van der Waals surface area contributed by atoms with E-state index < -0.39 is 17.5 Å². The number of phenols is 1. The van der Waals surface area contributed by atoms with Gasteiger partial charge >= 0.3 is 11.6 Å². The highest BCUT2D eigenvalue weighted by Crippen LogP contribution is 2.29. The van der Waals surface area contributed by atoms with Crippen molar-refractivity contribution in [2.24, 2.45) is 5.92 Å². The first kappa shape index (κ1) is 21.4. The monoisotopic (exact) mass is 437 g/mol. The lowest BCUT2D eigenvalue weighted by Crippen LogP contribution is -2.26. The second-order valence-corrected chi connectivity index (χ2v) is 7.62. The van der Waals surface area contributed by atoms with Crippen molar-refractivity contribution in [1.82, 2.24) is 0 Å². The molecular formula is C24H23NO7. The molecule has 0 bridgehead atoms. The highest BCUT2D eigenvalue weighted by molar-refractivity contribution is 5.99. The number of phenolic OH excluding ortho intramolecular Hbond substituents is 1. The van der Waals surface area contributed by atoms with Gasteiger partial charge in [0.15, 0.2) is 0 Å². The molecule has 1 saturated heterocycles. The Morgan fingerprint density at radius 2 is 1.94 bits per heavy atom. The molecule has 1 fully saturated rings. The number of aryl methyl sites for hydroxylation is 1. The van der Waals surface area contributed by atoms with Crippen LogP contribution in [0.2, 0.25) is 0 Å². The second kappa shape index (κ2) is 8.74. The molecular weight excluding hydrogens is 414 g/mol. The molecule has 8 nitrogen and oxygen atoms in total. The van der Waals surface area contributed by atoms with Crippen molar-refractivity contribution < 1.29 is 28.6 Å². The van der Waals surface area contributed by atoms with Gasteiger partial charge in [0.2, 0.25) is 5.91 Å². The summed E-state index contributed by atoms with van der Waals surface area (Å²) in [4.78, 5) is 38.6. The third kappa shape index (κ3) is 4.16. The van der Waals surface area contributed by atoms with Crippen molar-refractivity contribution in [3.05, 3.63) is 64.0 Å². The highest BCUT2D eigenvalue weighted by atomic mass is 16.5. The van der Waals surface area contributed by atoms with E-state index in [0.29, 0.717) is 34.6 Å². The van der Waals surface area contributed by atoms with Gasteiger partial charge in [0.25, 0.3) is 0 Å². The lowest BCUT2D eigenvalue weighted by atomic mass is 10.1. The minimum atomic E-state index is -0.605. The SMILES string of the molecule is CCOc1ccc(N2CC(C(=O)OCc3cc(=O)oc4c(C)c(O)ccc34)CC2=O)cc1. The van der Waals surface area contributed by atoms with Crippen LogP contribution in [-0.2, 0) is 20.9 Å². The van der Waals surface area contributed by atoms with Crippen LogP contribution in [-0.4, -0.2) is 30.1 Å². The van der Waals surface area contributed by atoms with Crippen LogP contribution in [0.4, 0.5) is 5.69 Å². The standard InChI is InChI=1S/C24H23NO7/c1-3-30-18-6-4-17(5-7-18)25-12-15(10-21(25)27)24(29)31-13-16-11-22(28)32-23-14(2)20(26)9-8-19(16)23/h4-9,11,15,26H,3,10,12-13H2,1-2H3. The Morgan fingerprint density at radius 3 is 2.66 bits per heavy atom. The van der Waals surface area contributed by atoms with Crippen LogP contribution in [0.15, 0.2) is 51.7 Å². The number of hydrogen-bond acceptors (Lipinski definition) is 7. The van der Waals surface area contributed by atoms with Gasteiger partial charge in [-0.25, -0.2) is 4.79 Å². The van der Waals surface area contributed by atoms with Gasteiger partial charge in [0.1, 0.15) is 23.7 Å². The number of amides is 1. The van der Waals surface area contributed by atoms with Crippen LogP contribution < -0.4 is 15.3 Å². The Bertz CT molecular complexity index is 1230. The number of esters is 1. The van der Waals surface area contributed by atoms with E-state index in [4.69, 9.17) is 13.9 Å². The zero-order valence-electron chi connectivity index (χ0n) is 17.8. The fourth-order valence-electron chi connectivity index (χ4n) is 3.81. The molecule has 1 atom stereocenters. The average molecular weight is 437 g/mol. The molecule has 1 aliphatic rings. The summed E-state index contributed by atoms with van der Waals surface area (Å²) in [6.45, 7) is 4.16. The largest absolute Gasteiger partial charge is 0.508 e. The molecule has 0 saturated carbocycles. The molecule has 2 heterocycles. The van der Waals surface area contributed by atoms with Gasteiger partial charge in [-0.3, -0.25) is 9.59 Å². The molecule has 1 aromatic heterocycles. The zero-order chi connectivity index (χ0) is 22.8. The van der Waals surface area contributed by atoms with Crippen LogP contribution in [0.25, 0.3) is 11.0 Å². The lowest BCUT2D eigenvalue weighted by molar-refractivity contribution is -0.149. The topological polar surface area (TPSA) is 106 Å². The zero-order valence-corrected chi connectivity index (χ0v) is 17.8. The van der Waals surface area contributed by atoms with E-state index in [-0.39, 0.29) is 36.8 Å². The predicted octanol–water partition coefficient (Wildman–Crippen LogP) is 3.30. The fourth-order valence-corrected chi connectivity index (χ4v) is 3.81. The molecule has 166 valence electrons. The van der Waals surface area contributed by atoms with Crippen LogP contribution in [0, 0.1) is 12.8 Å². The van der Waals surface area contributed by atoms with Gasteiger partial charge in [0.05, 0.1) is 12.5 Å². The summed E-state index contributed by atoms with van der Waals surface area (Å²) in [6, 6.07) is 11.5. The number of anilines is 1. The molecule has 3 aromatic rings. The summed E-state index contributed by atoms with van der Waals surface area (Å²) < 4.78 is 16.1. The molecule has 0 radical (unpaired) electrons. The fraction of sp³-hybridized carbons (Fsp3) is 0.292. The van der Waals surface area contributed by atoms with Crippen molar-refractivity contribution in [1.29, 1.82) is 0 Å². The van der Waals surface area contributed by atoms with E-state index in [9.17, 15) is 19.5 Å². The first-order chi connectivity index (χ1) is 15.4. The number of fused-ring (bicyclic) bond motifs is 1. The Hall–Kier alpha value is -3.81. The Balaban J connectivity index is 1.46. The van der Waals surface area contributed by atoms with Crippen molar-refractivity contribution in [3.63, 3.8) is 0 Å². The average Bonchev–Trinajstić information content (AvgIpc) is 3.17. The maximum absolute atomic E-state index is 12.7. The number of rotatable bonds is 6. The maximum Gasteiger partial charge on any atom is 0.336 e. The van der Waals surface area contributed by atoms with Crippen LogP contribution in [0.1, 0.15) is 24.5 Å². The van der Waals surface area contributed by atoms with Crippen LogP contribution in [0.3, 0.4) is 0 Å². The Labute approximate surface area is 184 Å². The molecule has 4 rings (SSSR count). The quantitative estimate of drug-likeness (QED) is 0.466. The Morgan fingerprint density at radius 1 is 1.19 bits per heavy atom. The lowest BCUT2D eigenvalue weighted by Gasteiger charge is -2.17. The maximum atomic E-state index is 12.7. The third-order valence-electron chi connectivity index (χ3n) is 5.51. The molecule has 1 unspecified atom stereocenters. The molecule has 1 aliphatic heterocycles. The molecule has 2 aromatic carbocycles. The van der Waals surface area contributed by atoms with Crippen molar-refractivity contribution in [2.45, 2.75) is 26.9 Å². The normalized spacial score (nSPS) is 15.9. The van der Waals surface area contributed by atoms with Crippen molar-refractivity contribution >= 4 is 28.5 Å². The van der Waals surface area contributed by atoms with E-state index in [0.717, 1.165) is 0 Å². The summed E-state index contributed by atoms with van der Waals surface area (Å²) in [7, 11) is 0. The number of ether oxygens (including phenoxy) is 2.